The van der Waals surface area contributed by atoms with E-state index in [1.807, 2.05) is 0 Å². The van der Waals surface area contributed by atoms with E-state index in [-0.39, 0.29) is 16.2 Å². The minimum Gasteiger partial charge on any atom is -0.456 e. The van der Waals surface area contributed by atoms with Crippen LogP contribution in [-0.2, 0) is 21.7 Å². The van der Waals surface area contributed by atoms with Crippen molar-refractivity contribution in [3.63, 3.8) is 0 Å². The zero-order chi connectivity index (χ0) is 42.8. The van der Waals surface area contributed by atoms with Gasteiger partial charge in [0.15, 0.2) is 0 Å². The summed E-state index contributed by atoms with van der Waals surface area (Å²) in [5, 5.41) is 2.32. The molecule has 1 heterocycles. The van der Waals surface area contributed by atoms with E-state index < -0.39 is 5.41 Å². The molecule has 0 fully saturated rings. The van der Waals surface area contributed by atoms with Gasteiger partial charge in [-0.25, -0.2) is 0 Å². The fourth-order valence-corrected chi connectivity index (χ4v) is 10.8. The molecule has 0 radical (unpaired) electrons. The van der Waals surface area contributed by atoms with Crippen LogP contribution >= 0.6 is 0 Å². The molecule has 11 rings (SSSR count). The van der Waals surface area contributed by atoms with Crippen molar-refractivity contribution in [1.82, 2.24) is 0 Å². The Balaban J connectivity index is 1.12. The predicted molar refractivity (Wildman–Crippen MR) is 261 cm³/mol. The van der Waals surface area contributed by atoms with Gasteiger partial charge in [0.2, 0.25) is 0 Å². The van der Waals surface area contributed by atoms with Crippen molar-refractivity contribution >= 4 is 39.0 Å². The second kappa shape index (κ2) is 13.4. The Kier molecular flexibility index (Phi) is 8.29. The average molecular weight is 804 g/mol. The predicted octanol–water partition coefficient (Wildman–Crippen LogP) is 16.3. The van der Waals surface area contributed by atoms with Crippen LogP contribution in [0.15, 0.2) is 180 Å². The van der Waals surface area contributed by atoms with Crippen LogP contribution in [0.5, 0.6) is 0 Å². The standard InChI is InChI=1S/C60H53NO/c1-57(2,3)40-34-49-48-33-31-43(37-55(48)62-56(49)54(35-40)58(4,5)6)61(42-30-32-47-44-20-12-15-23-50(44)59(7,8)53(47)36-42)41-28-26-39(27-29-41)60(38-18-10-9-11-19-38)51-24-16-13-21-45(51)46-22-14-17-25-52(46)60/h9-37H,1-8H3. The van der Waals surface area contributed by atoms with Gasteiger partial charge in [0, 0.05) is 44.9 Å². The smallest absolute Gasteiger partial charge is 0.139 e. The number of hydrogen-bond donors (Lipinski definition) is 0. The van der Waals surface area contributed by atoms with Gasteiger partial charge in [0.25, 0.3) is 0 Å². The summed E-state index contributed by atoms with van der Waals surface area (Å²) in [5.41, 5.74) is 20.1. The number of rotatable bonds is 5. The van der Waals surface area contributed by atoms with Gasteiger partial charge < -0.3 is 9.32 Å². The highest BCUT2D eigenvalue weighted by Crippen LogP contribution is 2.57. The van der Waals surface area contributed by atoms with Crippen LogP contribution in [0, 0.1) is 0 Å². The molecule has 2 heteroatoms. The van der Waals surface area contributed by atoms with Crippen LogP contribution in [0.3, 0.4) is 0 Å². The van der Waals surface area contributed by atoms with Crippen molar-refractivity contribution in [2.75, 3.05) is 4.90 Å². The molecular formula is C60H53NO. The molecule has 0 spiro atoms. The molecule has 0 N–H and O–H groups in total. The van der Waals surface area contributed by atoms with Crippen molar-refractivity contribution in [2.45, 2.75) is 77.0 Å². The van der Waals surface area contributed by atoms with Crippen molar-refractivity contribution in [3.05, 3.63) is 220 Å². The third-order valence-corrected chi connectivity index (χ3v) is 14.0. The second-order valence-corrected chi connectivity index (χ2v) is 20.2. The number of nitrogens with zero attached hydrogens (tertiary/aromatic N) is 1. The minimum absolute atomic E-state index is 0.00341. The number of furan rings is 1. The summed E-state index contributed by atoms with van der Waals surface area (Å²) in [6, 6.07) is 65.9. The maximum absolute atomic E-state index is 6.98. The van der Waals surface area contributed by atoms with E-state index in [1.165, 1.54) is 72.1 Å². The molecule has 1 aromatic heterocycles. The first-order chi connectivity index (χ1) is 29.8. The van der Waals surface area contributed by atoms with E-state index in [0.717, 1.165) is 33.6 Å². The number of anilines is 3. The molecule has 62 heavy (non-hydrogen) atoms. The highest BCUT2D eigenvalue weighted by Gasteiger charge is 2.46. The Morgan fingerprint density at radius 3 is 1.56 bits per heavy atom. The molecule has 0 aliphatic heterocycles. The zero-order valence-corrected chi connectivity index (χ0v) is 37.1. The lowest BCUT2D eigenvalue weighted by atomic mass is 9.68. The number of benzene rings is 8. The van der Waals surface area contributed by atoms with Crippen LogP contribution in [0.1, 0.15) is 99.9 Å². The monoisotopic (exact) mass is 803 g/mol. The van der Waals surface area contributed by atoms with Crippen molar-refractivity contribution < 1.29 is 4.42 Å². The normalized spacial score (nSPS) is 14.7. The van der Waals surface area contributed by atoms with E-state index in [4.69, 9.17) is 4.42 Å². The van der Waals surface area contributed by atoms with Crippen LogP contribution in [0.25, 0.3) is 44.2 Å². The van der Waals surface area contributed by atoms with Gasteiger partial charge in [0.05, 0.1) is 5.41 Å². The van der Waals surface area contributed by atoms with E-state index >= 15 is 0 Å². The summed E-state index contributed by atoms with van der Waals surface area (Å²) in [5.74, 6) is 0. The number of hydrogen-bond acceptors (Lipinski definition) is 2. The van der Waals surface area contributed by atoms with Crippen molar-refractivity contribution in [2.24, 2.45) is 0 Å². The maximum Gasteiger partial charge on any atom is 0.139 e. The molecule has 2 aliphatic rings. The van der Waals surface area contributed by atoms with Gasteiger partial charge in [-0.3, -0.25) is 0 Å². The lowest BCUT2D eigenvalue weighted by Gasteiger charge is -2.34. The molecule has 2 aliphatic carbocycles. The van der Waals surface area contributed by atoms with E-state index in [0.29, 0.717) is 0 Å². The first-order valence-electron chi connectivity index (χ1n) is 22.2. The summed E-state index contributed by atoms with van der Waals surface area (Å²) in [6.45, 7) is 18.5. The van der Waals surface area contributed by atoms with Crippen LogP contribution < -0.4 is 4.90 Å². The first kappa shape index (κ1) is 38.3. The minimum atomic E-state index is -0.467. The highest BCUT2D eigenvalue weighted by molar-refractivity contribution is 6.08. The molecule has 0 saturated carbocycles. The summed E-state index contributed by atoms with van der Waals surface area (Å²) in [7, 11) is 0. The second-order valence-electron chi connectivity index (χ2n) is 20.2. The quantitative estimate of drug-likeness (QED) is 0.172. The van der Waals surface area contributed by atoms with E-state index in [9.17, 15) is 0 Å². The highest BCUT2D eigenvalue weighted by atomic mass is 16.3. The number of fused-ring (bicyclic) bond motifs is 9. The van der Waals surface area contributed by atoms with Gasteiger partial charge in [-0.2, -0.15) is 0 Å². The molecule has 2 nitrogen and oxygen atoms in total. The molecule has 0 saturated heterocycles. The fraction of sp³-hybridized carbons (Fsp3) is 0.200. The molecule has 8 aromatic carbocycles. The van der Waals surface area contributed by atoms with Crippen LogP contribution in [0.4, 0.5) is 17.1 Å². The van der Waals surface area contributed by atoms with Crippen LogP contribution in [0.2, 0.25) is 0 Å². The van der Waals surface area contributed by atoms with Gasteiger partial charge in [-0.15, -0.1) is 0 Å². The molecule has 304 valence electrons. The fourth-order valence-electron chi connectivity index (χ4n) is 10.8. The topological polar surface area (TPSA) is 16.4 Å². The third kappa shape index (κ3) is 5.55. The Morgan fingerprint density at radius 2 is 0.935 bits per heavy atom. The Hall–Kier alpha value is -6.64. The molecule has 0 atom stereocenters. The Bertz CT molecular complexity index is 3180. The molecular weight excluding hydrogens is 751 g/mol. The van der Waals surface area contributed by atoms with Gasteiger partial charge in [0.1, 0.15) is 11.2 Å². The molecule has 9 aromatic rings. The molecule has 0 unspecified atom stereocenters. The van der Waals surface area contributed by atoms with Gasteiger partial charge in [-0.05, 0) is 114 Å². The van der Waals surface area contributed by atoms with Crippen LogP contribution in [-0.4, -0.2) is 0 Å². The Labute approximate surface area is 366 Å². The largest absolute Gasteiger partial charge is 0.456 e. The van der Waals surface area contributed by atoms with E-state index in [2.05, 4.69) is 236 Å². The van der Waals surface area contributed by atoms with Crippen molar-refractivity contribution in [1.29, 1.82) is 0 Å². The third-order valence-electron chi connectivity index (χ3n) is 14.0. The Morgan fingerprint density at radius 1 is 0.419 bits per heavy atom. The first-order valence-corrected chi connectivity index (χ1v) is 22.2. The SMILES string of the molecule is CC(C)(C)c1cc(C(C)(C)C)c2oc3cc(N(c4ccc(C5(c6ccccc6)c6ccccc6-c6ccccc65)cc4)c4ccc5c(c4)C(C)(C)c4ccccc4-5)ccc3c2c1. The molecule has 0 bridgehead atoms. The summed E-state index contributed by atoms with van der Waals surface area (Å²) in [4.78, 5) is 2.42. The van der Waals surface area contributed by atoms with Gasteiger partial charge in [-0.1, -0.05) is 183 Å². The lowest BCUT2D eigenvalue weighted by molar-refractivity contribution is 0.559. The summed E-state index contributed by atoms with van der Waals surface area (Å²) >= 11 is 0. The summed E-state index contributed by atoms with van der Waals surface area (Å²) in [6.07, 6.45) is 0. The van der Waals surface area contributed by atoms with Gasteiger partial charge >= 0.3 is 0 Å². The summed E-state index contributed by atoms with van der Waals surface area (Å²) < 4.78 is 6.98. The van der Waals surface area contributed by atoms with Crippen molar-refractivity contribution in [3.8, 4) is 22.3 Å². The lowest BCUT2D eigenvalue weighted by Crippen LogP contribution is -2.28. The zero-order valence-electron chi connectivity index (χ0n) is 37.1. The maximum atomic E-state index is 6.98. The molecule has 0 amide bonds. The van der Waals surface area contributed by atoms with E-state index in [1.54, 1.807) is 0 Å². The average Bonchev–Trinajstić information content (AvgIpc) is 3.87.